The summed E-state index contributed by atoms with van der Waals surface area (Å²) in [4.78, 5) is 27.7. The number of hydrogen-bond acceptors (Lipinski definition) is 4. The Hall–Kier alpha value is -3.02. The lowest BCUT2D eigenvalue weighted by Gasteiger charge is -2.19. The van der Waals surface area contributed by atoms with Crippen molar-refractivity contribution in [2.75, 3.05) is 24.3 Å². The molecule has 0 saturated heterocycles. The van der Waals surface area contributed by atoms with Gasteiger partial charge in [-0.05, 0) is 36.4 Å². The predicted octanol–water partition coefficient (Wildman–Crippen LogP) is 5.60. The summed E-state index contributed by atoms with van der Waals surface area (Å²) in [6.07, 6.45) is -1.15. The average Bonchev–Trinajstić information content (AvgIpc) is 2.71. The van der Waals surface area contributed by atoms with E-state index in [1.807, 2.05) is 31.1 Å². The number of rotatable bonds is 6. The summed E-state index contributed by atoms with van der Waals surface area (Å²) in [5.41, 5.74) is 2.14. The quantitative estimate of drug-likeness (QED) is 0.504. The highest BCUT2D eigenvalue weighted by molar-refractivity contribution is 6.35. The van der Waals surface area contributed by atoms with Crippen LogP contribution in [-0.4, -0.2) is 26.0 Å². The number of amides is 1. The second-order valence-corrected chi connectivity index (χ2v) is 7.66. The summed E-state index contributed by atoms with van der Waals surface area (Å²) in [6.45, 7) is 0. The first-order valence-electron chi connectivity index (χ1n) is 9.14. The van der Waals surface area contributed by atoms with E-state index in [9.17, 15) is 9.59 Å². The Morgan fingerprint density at radius 1 is 0.900 bits per heavy atom. The highest BCUT2D eigenvalue weighted by Gasteiger charge is 2.26. The third-order valence-corrected chi connectivity index (χ3v) is 4.73. The van der Waals surface area contributed by atoms with E-state index in [-0.39, 0.29) is 0 Å². The van der Waals surface area contributed by atoms with Gasteiger partial charge in [-0.25, -0.2) is 4.79 Å². The minimum absolute atomic E-state index is 0.348. The van der Waals surface area contributed by atoms with Crippen LogP contribution >= 0.6 is 23.2 Å². The Morgan fingerprint density at radius 2 is 1.57 bits per heavy atom. The normalized spacial score (nSPS) is 11.5. The minimum atomic E-state index is -1.15. The molecule has 0 aliphatic heterocycles. The van der Waals surface area contributed by atoms with Gasteiger partial charge in [0.05, 0.1) is 5.56 Å². The Balaban J connectivity index is 1.87. The molecule has 1 N–H and O–H groups in total. The molecule has 30 heavy (non-hydrogen) atoms. The molecule has 154 valence electrons. The molecule has 0 fully saturated rings. The van der Waals surface area contributed by atoms with Gasteiger partial charge in [-0.15, -0.1) is 0 Å². The van der Waals surface area contributed by atoms with E-state index < -0.39 is 18.0 Å². The molecule has 0 heterocycles. The molecule has 5 nitrogen and oxygen atoms in total. The van der Waals surface area contributed by atoms with Gasteiger partial charge < -0.3 is 15.0 Å². The second-order valence-electron chi connectivity index (χ2n) is 6.79. The number of esters is 1. The van der Waals surface area contributed by atoms with Crippen LogP contribution in [0.25, 0.3) is 0 Å². The number of carbonyl (C=O) groups is 2. The van der Waals surface area contributed by atoms with Crippen LogP contribution in [-0.2, 0) is 9.53 Å². The van der Waals surface area contributed by atoms with Crippen LogP contribution in [0.4, 0.5) is 11.4 Å². The van der Waals surface area contributed by atoms with Crippen molar-refractivity contribution < 1.29 is 14.3 Å². The summed E-state index contributed by atoms with van der Waals surface area (Å²) in [5, 5.41) is 3.48. The van der Waals surface area contributed by atoms with Crippen LogP contribution in [0.5, 0.6) is 0 Å². The Labute approximate surface area is 185 Å². The van der Waals surface area contributed by atoms with E-state index in [2.05, 4.69) is 5.32 Å². The van der Waals surface area contributed by atoms with Crippen molar-refractivity contribution in [1.82, 2.24) is 0 Å². The van der Waals surface area contributed by atoms with Crippen molar-refractivity contribution in [1.29, 1.82) is 0 Å². The zero-order chi connectivity index (χ0) is 21.7. The molecule has 1 amide bonds. The van der Waals surface area contributed by atoms with E-state index in [1.54, 1.807) is 60.7 Å². The molecule has 3 aromatic rings. The van der Waals surface area contributed by atoms with E-state index in [4.69, 9.17) is 27.9 Å². The first-order valence-corrected chi connectivity index (χ1v) is 9.89. The maximum Gasteiger partial charge on any atom is 0.339 e. The molecule has 0 saturated carbocycles. The number of ether oxygens (including phenoxy) is 1. The van der Waals surface area contributed by atoms with E-state index in [0.717, 1.165) is 5.69 Å². The molecule has 0 aliphatic rings. The van der Waals surface area contributed by atoms with Crippen LogP contribution in [0.2, 0.25) is 10.0 Å². The third kappa shape index (κ3) is 5.53. The average molecular weight is 443 g/mol. The highest BCUT2D eigenvalue weighted by Crippen LogP contribution is 2.26. The van der Waals surface area contributed by atoms with Gasteiger partial charge in [0.25, 0.3) is 5.91 Å². The van der Waals surface area contributed by atoms with Gasteiger partial charge in [0.1, 0.15) is 0 Å². The molecule has 0 aromatic heterocycles. The monoisotopic (exact) mass is 442 g/mol. The van der Waals surface area contributed by atoms with Crippen molar-refractivity contribution in [3.8, 4) is 0 Å². The topological polar surface area (TPSA) is 58.6 Å². The molecule has 0 bridgehead atoms. The zero-order valence-electron chi connectivity index (χ0n) is 16.4. The van der Waals surface area contributed by atoms with Crippen molar-refractivity contribution >= 4 is 46.5 Å². The Kier molecular flexibility index (Phi) is 6.98. The molecule has 0 spiro atoms. The van der Waals surface area contributed by atoms with Crippen LogP contribution in [0.1, 0.15) is 22.0 Å². The van der Waals surface area contributed by atoms with Crippen LogP contribution in [0.15, 0.2) is 72.8 Å². The van der Waals surface area contributed by atoms with Crippen LogP contribution in [0, 0.1) is 0 Å². The molecular formula is C23H20Cl2N2O3. The summed E-state index contributed by atoms with van der Waals surface area (Å²) in [7, 11) is 3.75. The number of anilines is 2. The van der Waals surface area contributed by atoms with Gasteiger partial charge in [-0.1, -0.05) is 59.6 Å². The maximum atomic E-state index is 13.0. The third-order valence-electron chi connectivity index (χ3n) is 4.29. The molecule has 0 unspecified atom stereocenters. The smallest absolute Gasteiger partial charge is 0.339 e. The van der Waals surface area contributed by atoms with Crippen molar-refractivity contribution in [3.05, 3.63) is 94.0 Å². The van der Waals surface area contributed by atoms with Gasteiger partial charge >= 0.3 is 5.97 Å². The Bertz CT molecular complexity index is 1040. The number of nitrogens with zero attached hydrogens (tertiary/aromatic N) is 1. The fourth-order valence-electron chi connectivity index (χ4n) is 2.82. The highest BCUT2D eigenvalue weighted by atomic mass is 35.5. The van der Waals surface area contributed by atoms with Gasteiger partial charge in [0.15, 0.2) is 0 Å². The van der Waals surface area contributed by atoms with Crippen molar-refractivity contribution in [2.24, 2.45) is 0 Å². The number of carbonyl (C=O) groups excluding carboxylic acids is 2. The molecule has 3 aromatic carbocycles. The van der Waals surface area contributed by atoms with Crippen LogP contribution in [0.3, 0.4) is 0 Å². The number of hydrogen-bond donors (Lipinski definition) is 1. The fourth-order valence-corrected chi connectivity index (χ4v) is 3.35. The summed E-state index contributed by atoms with van der Waals surface area (Å²) in [6, 6.07) is 20.5. The molecule has 0 radical (unpaired) electrons. The lowest BCUT2D eigenvalue weighted by atomic mass is 10.1. The number of halogens is 2. The Morgan fingerprint density at radius 3 is 2.20 bits per heavy atom. The molecule has 3 rings (SSSR count). The van der Waals surface area contributed by atoms with Gasteiger partial charge in [0, 0.05) is 41.1 Å². The maximum absolute atomic E-state index is 13.0. The van der Waals surface area contributed by atoms with Crippen molar-refractivity contribution in [2.45, 2.75) is 6.10 Å². The summed E-state index contributed by atoms with van der Waals surface area (Å²) >= 11 is 12.0. The molecule has 1 atom stereocenters. The van der Waals surface area contributed by atoms with Gasteiger partial charge in [0.2, 0.25) is 6.10 Å². The SMILES string of the molecule is CN(C)c1cccc(C(=O)O[C@@H](C(=O)Nc2cc(Cl)cc(Cl)c2)c2ccccc2)c1. The lowest BCUT2D eigenvalue weighted by Crippen LogP contribution is -2.26. The fraction of sp³-hybridized carbons (Fsp3) is 0.130. The van der Waals surface area contributed by atoms with Gasteiger partial charge in [-0.2, -0.15) is 0 Å². The van der Waals surface area contributed by atoms with E-state index in [1.165, 1.54) is 0 Å². The standard InChI is InChI=1S/C23H20Cl2N2O3/c1-27(2)20-10-6-9-16(11-20)23(29)30-21(15-7-4-3-5-8-15)22(28)26-19-13-17(24)12-18(25)14-19/h3-14,21H,1-2H3,(H,26,28)/t21-/m1/s1. The predicted molar refractivity (Wildman–Crippen MR) is 120 cm³/mol. The largest absolute Gasteiger partial charge is 0.444 e. The first-order chi connectivity index (χ1) is 14.3. The lowest BCUT2D eigenvalue weighted by molar-refractivity contribution is -0.125. The van der Waals surface area contributed by atoms with Crippen LogP contribution < -0.4 is 10.2 Å². The summed E-state index contributed by atoms with van der Waals surface area (Å²) < 4.78 is 5.62. The van der Waals surface area contributed by atoms with Crippen molar-refractivity contribution in [3.63, 3.8) is 0 Å². The molecule has 0 aliphatic carbocycles. The van der Waals surface area contributed by atoms with Gasteiger partial charge in [-0.3, -0.25) is 4.79 Å². The number of benzene rings is 3. The first kappa shape index (κ1) is 21.7. The molecule has 7 heteroatoms. The minimum Gasteiger partial charge on any atom is -0.444 e. The molecular weight excluding hydrogens is 423 g/mol. The number of nitrogens with one attached hydrogen (secondary N) is 1. The summed E-state index contributed by atoms with van der Waals surface area (Å²) in [5.74, 6) is -1.12. The zero-order valence-corrected chi connectivity index (χ0v) is 17.9. The van der Waals surface area contributed by atoms with E-state index in [0.29, 0.717) is 26.9 Å². The second kappa shape index (κ2) is 9.65. The van der Waals surface area contributed by atoms with E-state index >= 15 is 0 Å².